The zero-order valence-corrected chi connectivity index (χ0v) is 16.0. The Balaban J connectivity index is 1.32. The number of aromatic nitrogens is 5. The Bertz CT molecular complexity index is 1220. The molecule has 0 spiro atoms. The molecule has 0 bridgehead atoms. The zero-order chi connectivity index (χ0) is 19.8. The number of nitrogens with zero attached hydrogens (tertiary/aromatic N) is 5. The van der Waals surface area contributed by atoms with Crippen LogP contribution in [0.1, 0.15) is 35.7 Å². The number of ether oxygens (including phenoxy) is 1. The van der Waals surface area contributed by atoms with Gasteiger partial charge in [-0.25, -0.2) is 9.97 Å². The highest BCUT2D eigenvalue weighted by Gasteiger charge is 2.31. The Kier molecular flexibility index (Phi) is 4.57. The number of fused-ring (bicyclic) bond motifs is 1. The van der Waals surface area contributed by atoms with Crippen molar-refractivity contribution >= 4 is 22.6 Å². The summed E-state index contributed by atoms with van der Waals surface area (Å²) in [5.41, 5.74) is 1.29. The van der Waals surface area contributed by atoms with E-state index in [4.69, 9.17) is 20.9 Å². The molecule has 0 N–H and O–H groups in total. The fraction of sp³-hybridized carbons (Fsp3) is 0.250. The maximum atomic E-state index is 12.6. The van der Waals surface area contributed by atoms with Crippen molar-refractivity contribution < 1.29 is 9.26 Å². The monoisotopic (exact) mass is 409 g/mol. The van der Waals surface area contributed by atoms with Gasteiger partial charge in [0.25, 0.3) is 5.56 Å². The van der Waals surface area contributed by atoms with Crippen molar-refractivity contribution in [2.75, 3.05) is 6.61 Å². The quantitative estimate of drug-likeness (QED) is 0.510. The second-order valence-electron chi connectivity index (χ2n) is 6.90. The molecule has 2 atom stereocenters. The lowest BCUT2D eigenvalue weighted by Gasteiger charge is -2.09. The lowest BCUT2D eigenvalue weighted by Crippen LogP contribution is -2.21. The molecule has 0 unspecified atom stereocenters. The fourth-order valence-electron chi connectivity index (χ4n) is 3.47. The number of hydrogen-bond donors (Lipinski definition) is 0. The molecule has 3 aromatic heterocycles. The number of hydrogen-bond acceptors (Lipinski definition) is 7. The van der Waals surface area contributed by atoms with Crippen molar-refractivity contribution in [3.05, 3.63) is 81.6 Å². The number of benzene rings is 1. The van der Waals surface area contributed by atoms with Gasteiger partial charge in [0.05, 0.1) is 18.1 Å². The molecule has 29 heavy (non-hydrogen) atoms. The van der Waals surface area contributed by atoms with E-state index >= 15 is 0 Å². The molecule has 0 radical (unpaired) electrons. The standard InChI is InChI=1S/C20H16ClN5O3/c21-14-5-3-12(4-6-14)16-8-13(10-28-16)18-24-17(29-25-18)9-26-11-23-19-15(20(26)27)2-1-7-22-19/h1-7,11,13,16H,8-10H2/t13-,16+/m0/s1. The molecule has 146 valence electrons. The molecule has 0 saturated carbocycles. The Morgan fingerprint density at radius 3 is 2.90 bits per heavy atom. The van der Waals surface area contributed by atoms with Gasteiger partial charge in [-0.2, -0.15) is 4.98 Å². The van der Waals surface area contributed by atoms with Gasteiger partial charge in [0.15, 0.2) is 11.5 Å². The minimum Gasteiger partial charge on any atom is -0.373 e. The van der Waals surface area contributed by atoms with Crippen LogP contribution in [0, 0.1) is 0 Å². The molecular weight excluding hydrogens is 394 g/mol. The molecule has 1 aliphatic rings. The Morgan fingerprint density at radius 2 is 2.03 bits per heavy atom. The lowest BCUT2D eigenvalue weighted by molar-refractivity contribution is 0.110. The van der Waals surface area contributed by atoms with E-state index in [9.17, 15) is 4.79 Å². The van der Waals surface area contributed by atoms with Crippen molar-refractivity contribution in [1.29, 1.82) is 0 Å². The predicted octanol–water partition coefficient (Wildman–Crippen LogP) is 3.12. The largest absolute Gasteiger partial charge is 0.373 e. The van der Waals surface area contributed by atoms with E-state index in [1.165, 1.54) is 10.9 Å². The molecule has 0 aliphatic carbocycles. The fourth-order valence-corrected chi connectivity index (χ4v) is 3.60. The smallest absolute Gasteiger partial charge is 0.263 e. The molecule has 1 aliphatic heterocycles. The van der Waals surface area contributed by atoms with E-state index in [0.717, 1.165) is 12.0 Å². The van der Waals surface area contributed by atoms with E-state index in [-0.39, 0.29) is 24.1 Å². The van der Waals surface area contributed by atoms with Crippen LogP contribution in [-0.4, -0.2) is 31.3 Å². The SMILES string of the molecule is O=c1c2cccnc2ncn1Cc1nc([C@@H]2CO[C@@H](c3ccc(Cl)cc3)C2)no1. The lowest BCUT2D eigenvalue weighted by atomic mass is 10.0. The third kappa shape index (κ3) is 3.52. The summed E-state index contributed by atoms with van der Waals surface area (Å²) in [4.78, 5) is 25.3. The zero-order valence-electron chi connectivity index (χ0n) is 15.2. The maximum Gasteiger partial charge on any atom is 0.263 e. The van der Waals surface area contributed by atoms with E-state index in [1.54, 1.807) is 18.3 Å². The first kappa shape index (κ1) is 18.0. The van der Waals surface area contributed by atoms with Crippen LogP contribution in [0.25, 0.3) is 11.0 Å². The summed E-state index contributed by atoms with van der Waals surface area (Å²) in [6.07, 6.45) is 3.77. The second-order valence-corrected chi connectivity index (χ2v) is 7.34. The van der Waals surface area contributed by atoms with E-state index < -0.39 is 0 Å². The third-order valence-corrected chi connectivity index (χ3v) is 5.24. The topological polar surface area (TPSA) is 95.9 Å². The van der Waals surface area contributed by atoms with Crippen molar-refractivity contribution in [3.8, 4) is 0 Å². The van der Waals surface area contributed by atoms with Gasteiger partial charge in [-0.05, 0) is 36.2 Å². The van der Waals surface area contributed by atoms with Crippen LogP contribution in [0.15, 0.2) is 58.2 Å². The average Bonchev–Trinajstić information content (AvgIpc) is 3.41. The average molecular weight is 410 g/mol. The number of rotatable bonds is 4. The summed E-state index contributed by atoms with van der Waals surface area (Å²) in [5, 5.41) is 5.24. The summed E-state index contributed by atoms with van der Waals surface area (Å²) in [6, 6.07) is 11.0. The first-order valence-electron chi connectivity index (χ1n) is 9.17. The molecule has 5 rings (SSSR count). The van der Waals surface area contributed by atoms with E-state index in [2.05, 4.69) is 20.1 Å². The van der Waals surface area contributed by atoms with Crippen molar-refractivity contribution in [2.45, 2.75) is 25.0 Å². The first-order valence-corrected chi connectivity index (χ1v) is 9.55. The molecular formula is C20H16ClN5O3. The molecule has 1 aromatic carbocycles. The molecule has 8 nitrogen and oxygen atoms in total. The van der Waals surface area contributed by atoms with E-state index in [0.29, 0.717) is 34.4 Å². The van der Waals surface area contributed by atoms with Gasteiger partial charge >= 0.3 is 0 Å². The van der Waals surface area contributed by atoms with Gasteiger partial charge in [-0.15, -0.1) is 0 Å². The Hall–Kier alpha value is -3.10. The molecule has 4 heterocycles. The highest BCUT2D eigenvalue weighted by Crippen LogP contribution is 2.37. The van der Waals surface area contributed by atoms with Crippen LogP contribution in [0.3, 0.4) is 0 Å². The first-order chi connectivity index (χ1) is 14.2. The van der Waals surface area contributed by atoms with Crippen LogP contribution in [0.4, 0.5) is 0 Å². The minimum absolute atomic E-state index is 0.0287. The van der Waals surface area contributed by atoms with E-state index in [1.807, 2.05) is 24.3 Å². The highest BCUT2D eigenvalue weighted by molar-refractivity contribution is 6.30. The maximum absolute atomic E-state index is 12.6. The molecule has 4 aromatic rings. The van der Waals surface area contributed by atoms with Gasteiger partial charge in [-0.3, -0.25) is 9.36 Å². The normalized spacial score (nSPS) is 19.1. The van der Waals surface area contributed by atoms with Crippen LogP contribution >= 0.6 is 11.6 Å². The van der Waals surface area contributed by atoms with Gasteiger partial charge in [0, 0.05) is 17.1 Å². The van der Waals surface area contributed by atoms with Crippen LogP contribution in [0.2, 0.25) is 5.02 Å². The molecule has 9 heteroatoms. The minimum atomic E-state index is -0.199. The third-order valence-electron chi connectivity index (χ3n) is 4.99. The Labute approximate surface area is 170 Å². The van der Waals surface area contributed by atoms with Gasteiger partial charge in [0.1, 0.15) is 12.9 Å². The summed E-state index contributed by atoms with van der Waals surface area (Å²) in [5.74, 6) is 0.964. The summed E-state index contributed by atoms with van der Waals surface area (Å²) >= 11 is 5.95. The van der Waals surface area contributed by atoms with Crippen molar-refractivity contribution in [3.63, 3.8) is 0 Å². The van der Waals surface area contributed by atoms with Gasteiger partial charge < -0.3 is 9.26 Å². The van der Waals surface area contributed by atoms with Crippen LogP contribution in [0.5, 0.6) is 0 Å². The molecule has 1 fully saturated rings. The number of halogens is 1. The van der Waals surface area contributed by atoms with Crippen molar-refractivity contribution in [1.82, 2.24) is 24.7 Å². The summed E-state index contributed by atoms with van der Waals surface area (Å²) < 4.78 is 12.7. The van der Waals surface area contributed by atoms with Gasteiger partial charge in [0.2, 0.25) is 5.89 Å². The summed E-state index contributed by atoms with van der Waals surface area (Å²) in [6.45, 7) is 0.660. The van der Waals surface area contributed by atoms with Crippen LogP contribution in [-0.2, 0) is 11.3 Å². The second kappa shape index (κ2) is 7.38. The van der Waals surface area contributed by atoms with Crippen molar-refractivity contribution in [2.24, 2.45) is 0 Å². The van der Waals surface area contributed by atoms with Crippen LogP contribution < -0.4 is 5.56 Å². The van der Waals surface area contributed by atoms with Gasteiger partial charge in [-0.1, -0.05) is 28.9 Å². The summed E-state index contributed by atoms with van der Waals surface area (Å²) in [7, 11) is 0. The number of pyridine rings is 1. The highest BCUT2D eigenvalue weighted by atomic mass is 35.5. The predicted molar refractivity (Wildman–Crippen MR) is 105 cm³/mol. The molecule has 1 saturated heterocycles. The molecule has 0 amide bonds. The Morgan fingerprint density at radius 1 is 1.17 bits per heavy atom.